The minimum absolute atomic E-state index is 0.236. The zero-order chi connectivity index (χ0) is 11.2. The molecule has 0 amide bonds. The third kappa shape index (κ3) is 1.78. The standard InChI is InChI=1S/C13H17FO/c1-8(2)11-6-10(14)7-12(9(11)3)13(15)4-5-13/h6-8,15H,4-5H2,1-3H3. The summed E-state index contributed by atoms with van der Waals surface area (Å²) in [5.41, 5.74) is 2.10. The van der Waals surface area contributed by atoms with Gasteiger partial charge in [0.15, 0.2) is 0 Å². The van der Waals surface area contributed by atoms with E-state index in [0.717, 1.165) is 29.5 Å². The molecule has 1 saturated carbocycles. The molecule has 82 valence electrons. The van der Waals surface area contributed by atoms with E-state index in [4.69, 9.17) is 0 Å². The molecule has 2 heteroatoms. The molecule has 0 aliphatic heterocycles. The van der Waals surface area contributed by atoms with E-state index in [1.54, 1.807) is 6.07 Å². The Hall–Kier alpha value is -0.890. The van der Waals surface area contributed by atoms with Crippen molar-refractivity contribution in [3.63, 3.8) is 0 Å². The first-order valence-corrected chi connectivity index (χ1v) is 5.47. The Labute approximate surface area is 89.9 Å². The Morgan fingerprint density at radius 1 is 1.33 bits per heavy atom. The molecule has 0 radical (unpaired) electrons. The highest BCUT2D eigenvalue weighted by atomic mass is 19.1. The molecule has 0 bridgehead atoms. The normalized spacial score (nSPS) is 18.3. The van der Waals surface area contributed by atoms with Crippen LogP contribution in [-0.4, -0.2) is 5.11 Å². The molecule has 0 unspecified atom stereocenters. The molecule has 1 aliphatic carbocycles. The summed E-state index contributed by atoms with van der Waals surface area (Å²) in [6.07, 6.45) is 1.52. The van der Waals surface area contributed by atoms with Crippen LogP contribution in [0.1, 0.15) is 49.3 Å². The minimum atomic E-state index is -0.740. The average molecular weight is 208 g/mol. The zero-order valence-corrected chi connectivity index (χ0v) is 9.47. The van der Waals surface area contributed by atoms with Crippen molar-refractivity contribution in [2.24, 2.45) is 0 Å². The number of hydrogen-bond donors (Lipinski definition) is 1. The zero-order valence-electron chi connectivity index (χ0n) is 9.47. The maximum absolute atomic E-state index is 13.4. The van der Waals surface area contributed by atoms with Crippen LogP contribution in [0.5, 0.6) is 0 Å². The van der Waals surface area contributed by atoms with Crippen LogP contribution < -0.4 is 0 Å². The first kappa shape index (κ1) is 10.6. The largest absolute Gasteiger partial charge is 0.385 e. The Bertz CT molecular complexity index is 392. The van der Waals surface area contributed by atoms with Crippen molar-refractivity contribution in [3.8, 4) is 0 Å². The highest BCUT2D eigenvalue weighted by Crippen LogP contribution is 2.47. The van der Waals surface area contributed by atoms with Gasteiger partial charge in [-0.25, -0.2) is 4.39 Å². The van der Waals surface area contributed by atoms with Crippen LogP contribution in [0.25, 0.3) is 0 Å². The molecule has 0 saturated heterocycles. The lowest BCUT2D eigenvalue weighted by atomic mass is 9.91. The SMILES string of the molecule is Cc1c(C(C)C)cc(F)cc1C1(O)CC1. The molecule has 1 aromatic rings. The number of halogens is 1. The average Bonchev–Trinajstić information content (AvgIpc) is 2.88. The fourth-order valence-electron chi connectivity index (χ4n) is 2.17. The molecule has 1 nitrogen and oxygen atoms in total. The van der Waals surface area contributed by atoms with Gasteiger partial charge in [-0.2, -0.15) is 0 Å². The van der Waals surface area contributed by atoms with Crippen LogP contribution in [0.3, 0.4) is 0 Å². The van der Waals surface area contributed by atoms with Crippen molar-refractivity contribution in [3.05, 3.63) is 34.6 Å². The van der Waals surface area contributed by atoms with Gasteiger partial charge < -0.3 is 5.11 Å². The fourth-order valence-corrected chi connectivity index (χ4v) is 2.17. The molecule has 1 N–H and O–H groups in total. The van der Waals surface area contributed by atoms with Gasteiger partial charge in [0.1, 0.15) is 5.82 Å². The molecule has 0 atom stereocenters. The predicted molar refractivity (Wildman–Crippen MR) is 58.4 cm³/mol. The summed E-state index contributed by atoms with van der Waals surface area (Å²) < 4.78 is 13.4. The Morgan fingerprint density at radius 3 is 2.40 bits per heavy atom. The van der Waals surface area contributed by atoms with Crippen LogP contribution in [0.15, 0.2) is 12.1 Å². The van der Waals surface area contributed by atoms with Gasteiger partial charge in [-0.15, -0.1) is 0 Å². The van der Waals surface area contributed by atoms with E-state index in [1.165, 1.54) is 6.07 Å². The van der Waals surface area contributed by atoms with Gasteiger partial charge in [-0.3, -0.25) is 0 Å². The van der Waals surface area contributed by atoms with Gasteiger partial charge in [0.2, 0.25) is 0 Å². The molecule has 0 spiro atoms. The van der Waals surface area contributed by atoms with E-state index in [1.807, 2.05) is 20.8 Å². The first-order valence-electron chi connectivity index (χ1n) is 5.47. The first-order chi connectivity index (χ1) is 6.94. The van der Waals surface area contributed by atoms with Crippen molar-refractivity contribution in [1.82, 2.24) is 0 Å². The van der Waals surface area contributed by atoms with Gasteiger partial charge in [-0.1, -0.05) is 13.8 Å². The summed E-state index contributed by atoms with van der Waals surface area (Å²) in [4.78, 5) is 0. The molecule has 2 rings (SSSR count). The van der Waals surface area contributed by atoms with Gasteiger partial charge >= 0.3 is 0 Å². The quantitative estimate of drug-likeness (QED) is 0.791. The van der Waals surface area contributed by atoms with E-state index in [-0.39, 0.29) is 5.82 Å². The van der Waals surface area contributed by atoms with Crippen LogP contribution >= 0.6 is 0 Å². The van der Waals surface area contributed by atoms with Crippen molar-refractivity contribution in [1.29, 1.82) is 0 Å². The van der Waals surface area contributed by atoms with E-state index in [9.17, 15) is 9.50 Å². The summed E-state index contributed by atoms with van der Waals surface area (Å²) in [5, 5.41) is 10.0. The lowest BCUT2D eigenvalue weighted by molar-refractivity contribution is 0.150. The summed E-state index contributed by atoms with van der Waals surface area (Å²) in [6, 6.07) is 3.06. The number of aliphatic hydroxyl groups is 1. The third-order valence-corrected chi connectivity index (χ3v) is 3.26. The highest BCUT2D eigenvalue weighted by Gasteiger charge is 2.43. The van der Waals surface area contributed by atoms with E-state index in [2.05, 4.69) is 0 Å². The fraction of sp³-hybridized carbons (Fsp3) is 0.538. The van der Waals surface area contributed by atoms with Crippen molar-refractivity contribution in [2.75, 3.05) is 0 Å². The number of benzene rings is 1. The highest BCUT2D eigenvalue weighted by molar-refractivity contribution is 5.42. The van der Waals surface area contributed by atoms with E-state index >= 15 is 0 Å². The summed E-state index contributed by atoms with van der Waals surface area (Å²) in [7, 11) is 0. The Morgan fingerprint density at radius 2 is 1.93 bits per heavy atom. The second kappa shape index (κ2) is 3.31. The molecule has 1 aliphatic rings. The van der Waals surface area contributed by atoms with Crippen LogP contribution in [-0.2, 0) is 5.60 Å². The predicted octanol–water partition coefficient (Wildman–Crippen LogP) is 3.24. The topological polar surface area (TPSA) is 20.2 Å². The van der Waals surface area contributed by atoms with Gasteiger partial charge in [0, 0.05) is 0 Å². The number of rotatable bonds is 2. The van der Waals surface area contributed by atoms with Gasteiger partial charge in [0.05, 0.1) is 5.60 Å². The summed E-state index contributed by atoms with van der Waals surface area (Å²) in [6.45, 7) is 6.06. The second-order valence-corrected chi connectivity index (χ2v) is 4.85. The molecule has 15 heavy (non-hydrogen) atoms. The molecule has 1 fully saturated rings. The summed E-state index contributed by atoms with van der Waals surface area (Å²) >= 11 is 0. The van der Waals surface area contributed by atoms with Crippen molar-refractivity contribution in [2.45, 2.75) is 45.1 Å². The second-order valence-electron chi connectivity index (χ2n) is 4.85. The molecule has 0 heterocycles. The Kier molecular flexibility index (Phi) is 2.34. The Balaban J connectivity index is 2.55. The van der Waals surface area contributed by atoms with Crippen LogP contribution in [0.2, 0.25) is 0 Å². The molecular weight excluding hydrogens is 191 g/mol. The van der Waals surface area contributed by atoms with Crippen molar-refractivity contribution < 1.29 is 9.50 Å². The minimum Gasteiger partial charge on any atom is -0.385 e. The summed E-state index contributed by atoms with van der Waals surface area (Å²) in [5.74, 6) is 0.0569. The van der Waals surface area contributed by atoms with Gasteiger partial charge in [-0.05, 0) is 54.5 Å². The maximum Gasteiger partial charge on any atom is 0.123 e. The van der Waals surface area contributed by atoms with Crippen LogP contribution in [0, 0.1) is 12.7 Å². The number of hydrogen-bond acceptors (Lipinski definition) is 1. The molecule has 1 aromatic carbocycles. The van der Waals surface area contributed by atoms with Crippen molar-refractivity contribution >= 4 is 0 Å². The monoisotopic (exact) mass is 208 g/mol. The van der Waals surface area contributed by atoms with E-state index in [0.29, 0.717) is 5.92 Å². The van der Waals surface area contributed by atoms with E-state index < -0.39 is 5.60 Å². The third-order valence-electron chi connectivity index (χ3n) is 3.26. The smallest absolute Gasteiger partial charge is 0.123 e. The molecule has 0 aromatic heterocycles. The maximum atomic E-state index is 13.4. The lowest BCUT2D eigenvalue weighted by Crippen LogP contribution is -2.10. The molecular formula is C13H17FO. The lowest BCUT2D eigenvalue weighted by Gasteiger charge is -2.17. The van der Waals surface area contributed by atoms with Crippen LogP contribution in [0.4, 0.5) is 4.39 Å². The van der Waals surface area contributed by atoms with Gasteiger partial charge in [0.25, 0.3) is 0 Å².